The van der Waals surface area contributed by atoms with Gasteiger partial charge in [0.15, 0.2) is 0 Å². The summed E-state index contributed by atoms with van der Waals surface area (Å²) in [5.41, 5.74) is -0.746. The first-order valence-corrected chi connectivity index (χ1v) is 12.1. The summed E-state index contributed by atoms with van der Waals surface area (Å²) >= 11 is 8.26. The number of imide groups is 1. The van der Waals surface area contributed by atoms with Crippen molar-refractivity contribution in [2.45, 2.75) is 11.7 Å². The van der Waals surface area contributed by atoms with Gasteiger partial charge in [0, 0.05) is 19.7 Å². The summed E-state index contributed by atoms with van der Waals surface area (Å²) in [6.07, 6.45) is -0.992. The molecule has 6 nitrogen and oxygen atoms in total. The fourth-order valence-corrected chi connectivity index (χ4v) is 6.20. The van der Waals surface area contributed by atoms with Crippen LogP contribution < -0.4 is 4.90 Å². The molecule has 2 aliphatic heterocycles. The fourth-order valence-electron chi connectivity index (χ4n) is 5.37. The molecule has 2 saturated heterocycles. The highest BCUT2D eigenvalue weighted by atomic mass is 127. The molecule has 3 aliphatic rings. The quantitative estimate of drug-likeness (QED) is 0.250. The van der Waals surface area contributed by atoms with E-state index in [1.807, 2.05) is 0 Å². The van der Waals surface area contributed by atoms with E-state index in [2.05, 4.69) is 22.6 Å². The van der Waals surface area contributed by atoms with Gasteiger partial charge in [-0.05, 0) is 52.4 Å². The molecule has 34 heavy (non-hydrogen) atoms. The monoisotopic (exact) mass is 583 g/mol. The number of ether oxygens (including phenoxy) is 1. The summed E-state index contributed by atoms with van der Waals surface area (Å²) < 4.78 is 6.95. The predicted octanol–water partition coefficient (Wildman–Crippen LogP) is 4.64. The van der Waals surface area contributed by atoms with E-state index in [1.54, 1.807) is 72.8 Å². The Labute approximate surface area is 213 Å². The molecular weight excluding hydrogens is 569 g/mol. The highest BCUT2D eigenvalue weighted by Crippen LogP contribution is 2.58. The third kappa shape index (κ3) is 2.71. The molecule has 3 unspecified atom stereocenters. The molecule has 2 amide bonds. The molecule has 168 valence electrons. The Morgan fingerprint density at radius 2 is 1.47 bits per heavy atom. The third-order valence-electron chi connectivity index (χ3n) is 6.79. The zero-order valence-corrected chi connectivity index (χ0v) is 20.3. The number of amides is 2. The van der Waals surface area contributed by atoms with Gasteiger partial charge in [-0.1, -0.05) is 60.1 Å². The lowest BCUT2D eigenvalue weighted by Gasteiger charge is -2.27. The zero-order valence-electron chi connectivity index (χ0n) is 17.4. The topological polar surface area (TPSA) is 80.8 Å². The number of fused-ring (bicyclic) bond motifs is 3. The standard InChI is InChI=1S/C26H15ClINO5/c27-14-7-5-6-13(12-14)21-19-20(25(33)29(24(19)32)18-11-4-3-10-17(18)28)26(34-21)22(30)15-8-1-2-9-16(15)23(26)31/h1-12,19-21H. The normalized spacial score (nSPS) is 24.8. The van der Waals surface area contributed by atoms with Crippen LogP contribution in [0.5, 0.6) is 0 Å². The number of carbonyl (C=O) groups excluding carboxylic acids is 4. The van der Waals surface area contributed by atoms with Crippen LogP contribution in [0.15, 0.2) is 72.8 Å². The average molecular weight is 584 g/mol. The number of benzene rings is 3. The second-order valence-corrected chi connectivity index (χ2v) is 10.1. The van der Waals surface area contributed by atoms with Crippen LogP contribution in [-0.4, -0.2) is 29.0 Å². The largest absolute Gasteiger partial charge is 0.349 e. The van der Waals surface area contributed by atoms with Gasteiger partial charge in [0.05, 0.1) is 23.6 Å². The van der Waals surface area contributed by atoms with Crippen molar-refractivity contribution in [3.63, 3.8) is 0 Å². The molecule has 6 rings (SSSR count). The van der Waals surface area contributed by atoms with E-state index in [1.165, 1.54) is 0 Å². The Bertz CT molecular complexity index is 1400. The fraction of sp³-hybridized carbons (Fsp3) is 0.154. The van der Waals surface area contributed by atoms with Crippen molar-refractivity contribution in [2.24, 2.45) is 11.8 Å². The number of rotatable bonds is 2. The molecule has 1 aliphatic carbocycles. The number of halogens is 2. The molecular formula is C26H15ClINO5. The molecule has 0 bridgehead atoms. The molecule has 0 aromatic heterocycles. The van der Waals surface area contributed by atoms with Crippen molar-refractivity contribution in [1.29, 1.82) is 0 Å². The molecule has 2 heterocycles. The van der Waals surface area contributed by atoms with E-state index in [9.17, 15) is 19.2 Å². The summed E-state index contributed by atoms with van der Waals surface area (Å²) in [6, 6.07) is 20.1. The first-order valence-electron chi connectivity index (χ1n) is 10.6. The Kier molecular flexibility index (Phi) is 4.81. The lowest BCUT2D eigenvalue weighted by molar-refractivity contribution is -0.127. The molecule has 3 aromatic carbocycles. The van der Waals surface area contributed by atoms with E-state index in [0.29, 0.717) is 19.8 Å². The summed E-state index contributed by atoms with van der Waals surface area (Å²) in [5, 5.41) is 0.414. The molecule has 3 aromatic rings. The minimum Gasteiger partial charge on any atom is -0.349 e. The van der Waals surface area contributed by atoms with Crippen LogP contribution in [0.1, 0.15) is 32.4 Å². The van der Waals surface area contributed by atoms with Crippen molar-refractivity contribution in [2.75, 3.05) is 4.90 Å². The summed E-state index contributed by atoms with van der Waals surface area (Å²) in [7, 11) is 0. The number of hydrogen-bond donors (Lipinski definition) is 0. The van der Waals surface area contributed by atoms with Crippen LogP contribution in [0.25, 0.3) is 0 Å². The number of Topliss-reactive ketones (excluding diaryl/α,β-unsaturated/α-hetero) is 2. The number of ketones is 2. The second kappa shape index (κ2) is 7.56. The maximum absolute atomic E-state index is 13.9. The average Bonchev–Trinajstić information content (AvgIpc) is 3.40. The molecule has 1 spiro atoms. The van der Waals surface area contributed by atoms with Gasteiger partial charge in [-0.15, -0.1) is 0 Å². The Morgan fingerprint density at radius 1 is 0.824 bits per heavy atom. The van der Waals surface area contributed by atoms with Crippen LogP contribution in [-0.2, 0) is 14.3 Å². The van der Waals surface area contributed by atoms with Gasteiger partial charge in [-0.25, -0.2) is 4.90 Å². The van der Waals surface area contributed by atoms with Crippen molar-refractivity contribution in [3.05, 3.63) is 98.1 Å². The van der Waals surface area contributed by atoms with Gasteiger partial charge in [0.1, 0.15) is 0 Å². The minimum atomic E-state index is -2.09. The number of anilines is 1. The molecule has 0 radical (unpaired) electrons. The Balaban J connectivity index is 1.57. The van der Waals surface area contributed by atoms with Crippen LogP contribution in [0.2, 0.25) is 5.02 Å². The van der Waals surface area contributed by atoms with Gasteiger partial charge < -0.3 is 4.74 Å². The molecule has 0 saturated carbocycles. The van der Waals surface area contributed by atoms with Gasteiger partial charge in [0.25, 0.3) is 0 Å². The summed E-state index contributed by atoms with van der Waals surface area (Å²) in [6.45, 7) is 0. The molecule has 3 atom stereocenters. The SMILES string of the molecule is O=C1C2C(c3cccc(Cl)c3)OC3(C(=O)c4ccccc4C3=O)C2C(=O)N1c1ccccc1I. The van der Waals surface area contributed by atoms with E-state index in [4.69, 9.17) is 16.3 Å². The number of carbonyl (C=O) groups is 4. The van der Waals surface area contributed by atoms with Crippen LogP contribution in [0.4, 0.5) is 5.69 Å². The van der Waals surface area contributed by atoms with E-state index in [0.717, 1.165) is 4.90 Å². The Morgan fingerprint density at radius 3 is 2.12 bits per heavy atom. The highest BCUT2D eigenvalue weighted by molar-refractivity contribution is 14.1. The van der Waals surface area contributed by atoms with Gasteiger partial charge in [-0.3, -0.25) is 19.2 Å². The molecule has 2 fully saturated rings. The molecule has 0 N–H and O–H groups in total. The predicted molar refractivity (Wildman–Crippen MR) is 132 cm³/mol. The Hall–Kier alpha value is -2.88. The van der Waals surface area contributed by atoms with Gasteiger partial charge >= 0.3 is 0 Å². The highest BCUT2D eigenvalue weighted by Gasteiger charge is 2.74. The van der Waals surface area contributed by atoms with Crippen LogP contribution in [0.3, 0.4) is 0 Å². The van der Waals surface area contributed by atoms with Crippen molar-refractivity contribution >= 4 is 63.3 Å². The van der Waals surface area contributed by atoms with Crippen molar-refractivity contribution in [3.8, 4) is 0 Å². The smallest absolute Gasteiger partial charge is 0.241 e. The molecule has 8 heteroatoms. The zero-order chi connectivity index (χ0) is 23.8. The number of nitrogens with zero attached hydrogens (tertiary/aromatic N) is 1. The number of para-hydroxylation sites is 1. The van der Waals surface area contributed by atoms with Crippen LogP contribution in [0, 0.1) is 15.4 Å². The first kappa shape index (κ1) is 21.6. The van der Waals surface area contributed by atoms with E-state index in [-0.39, 0.29) is 11.1 Å². The summed E-state index contributed by atoms with van der Waals surface area (Å²) in [4.78, 5) is 56.2. The maximum atomic E-state index is 13.9. The van der Waals surface area contributed by atoms with E-state index < -0.39 is 46.9 Å². The first-order chi connectivity index (χ1) is 16.4. The summed E-state index contributed by atoms with van der Waals surface area (Å²) in [5.74, 6) is -4.62. The van der Waals surface area contributed by atoms with Crippen molar-refractivity contribution < 1.29 is 23.9 Å². The number of hydrogen-bond acceptors (Lipinski definition) is 5. The van der Waals surface area contributed by atoms with Gasteiger partial charge in [-0.2, -0.15) is 0 Å². The third-order valence-corrected chi connectivity index (χ3v) is 7.94. The lowest BCUT2D eigenvalue weighted by atomic mass is 9.77. The van der Waals surface area contributed by atoms with Crippen molar-refractivity contribution in [1.82, 2.24) is 0 Å². The lowest BCUT2D eigenvalue weighted by Crippen LogP contribution is -2.51. The minimum absolute atomic E-state index is 0.200. The van der Waals surface area contributed by atoms with Crippen LogP contribution >= 0.6 is 34.2 Å². The van der Waals surface area contributed by atoms with E-state index >= 15 is 0 Å². The second-order valence-electron chi connectivity index (χ2n) is 8.50. The maximum Gasteiger partial charge on any atom is 0.241 e. The van der Waals surface area contributed by atoms with Gasteiger partial charge in [0.2, 0.25) is 29.0 Å².